The van der Waals surface area contributed by atoms with Crippen LogP contribution in [0.3, 0.4) is 0 Å². The van der Waals surface area contributed by atoms with Crippen molar-refractivity contribution < 1.29 is 14.3 Å². The Morgan fingerprint density at radius 1 is 1.03 bits per heavy atom. The molecule has 3 nitrogen and oxygen atoms in total. The predicted octanol–water partition coefficient (Wildman–Crippen LogP) is 7.02. The van der Waals surface area contributed by atoms with Gasteiger partial charge in [-0.05, 0) is 91.6 Å². The lowest BCUT2D eigenvalue weighted by Crippen LogP contribution is -2.08. The predicted molar refractivity (Wildman–Crippen MR) is 137 cm³/mol. The van der Waals surface area contributed by atoms with E-state index >= 15 is 0 Å². The van der Waals surface area contributed by atoms with E-state index in [-0.39, 0.29) is 24.4 Å². The number of rotatable bonds is 6. The first-order valence-corrected chi connectivity index (χ1v) is 11.9. The zero-order chi connectivity index (χ0) is 24.2. The number of methoxy groups -OCH3 is 1. The Balaban J connectivity index is 1.51. The molecule has 174 valence electrons. The van der Waals surface area contributed by atoms with Gasteiger partial charge in [-0.15, -0.1) is 5.92 Å². The topological polar surface area (TPSA) is 35.5 Å². The minimum atomic E-state index is -0.258. The molecule has 0 N–H and O–H groups in total. The molecule has 1 aliphatic rings. The molecule has 0 spiro atoms. The normalized spacial score (nSPS) is 15.1. The summed E-state index contributed by atoms with van der Waals surface area (Å²) in [5.41, 5.74) is 10.2. The third-order valence-electron chi connectivity index (χ3n) is 6.61. The van der Waals surface area contributed by atoms with Gasteiger partial charge < -0.3 is 9.47 Å². The van der Waals surface area contributed by atoms with E-state index in [9.17, 15) is 4.79 Å². The molecule has 0 bridgehead atoms. The largest absolute Gasteiger partial charge is 0.486 e. The lowest BCUT2D eigenvalue weighted by molar-refractivity contribution is -0.140. The minimum absolute atomic E-state index is 0.0522. The molecule has 1 unspecified atom stereocenters. The zero-order valence-corrected chi connectivity index (χ0v) is 20.7. The first kappa shape index (κ1) is 23.6. The molecular weight excluding hydrogens is 420 g/mol. The molecule has 0 fully saturated rings. The second-order valence-electron chi connectivity index (χ2n) is 9.13. The van der Waals surface area contributed by atoms with Crippen LogP contribution in [0.5, 0.6) is 5.75 Å². The molecular formula is C31H32O3. The Morgan fingerprint density at radius 3 is 2.38 bits per heavy atom. The smallest absolute Gasteiger partial charge is 0.307 e. The molecule has 34 heavy (non-hydrogen) atoms. The number of aryl methyl sites for hydroxylation is 4. The number of benzene rings is 3. The second-order valence-corrected chi connectivity index (χ2v) is 9.13. The first-order chi connectivity index (χ1) is 16.4. The van der Waals surface area contributed by atoms with Crippen LogP contribution >= 0.6 is 0 Å². The number of hydrogen-bond acceptors (Lipinski definition) is 3. The molecule has 3 aromatic rings. The van der Waals surface area contributed by atoms with Gasteiger partial charge in [-0.3, -0.25) is 4.79 Å². The van der Waals surface area contributed by atoms with Crippen LogP contribution < -0.4 is 4.74 Å². The molecule has 0 heterocycles. The maximum Gasteiger partial charge on any atom is 0.307 e. The Bertz CT molecular complexity index is 1240. The molecule has 3 aromatic carbocycles. The average Bonchev–Trinajstić information content (AvgIpc) is 3.20. The van der Waals surface area contributed by atoms with Crippen molar-refractivity contribution in [1.29, 1.82) is 0 Å². The van der Waals surface area contributed by atoms with Crippen molar-refractivity contribution >= 4 is 5.97 Å². The van der Waals surface area contributed by atoms with E-state index in [1.165, 1.54) is 46.1 Å². The van der Waals surface area contributed by atoms with Crippen LogP contribution in [0, 0.1) is 32.6 Å². The number of ether oxygens (including phenoxy) is 2. The minimum Gasteiger partial charge on any atom is -0.486 e. The number of esters is 1. The maximum atomic E-state index is 11.7. The average molecular weight is 453 g/mol. The van der Waals surface area contributed by atoms with Gasteiger partial charge in [-0.2, -0.15) is 0 Å². The summed E-state index contributed by atoms with van der Waals surface area (Å²) in [6, 6.07) is 19.3. The molecule has 1 aliphatic carbocycles. The summed E-state index contributed by atoms with van der Waals surface area (Å²) in [5, 5.41) is 0. The van der Waals surface area contributed by atoms with E-state index < -0.39 is 0 Å². The summed E-state index contributed by atoms with van der Waals surface area (Å²) in [7, 11) is 1.40. The second kappa shape index (κ2) is 10.2. The zero-order valence-electron chi connectivity index (χ0n) is 20.7. The Morgan fingerprint density at radius 2 is 1.74 bits per heavy atom. The molecule has 2 atom stereocenters. The quantitative estimate of drug-likeness (QED) is 0.298. The van der Waals surface area contributed by atoms with Crippen molar-refractivity contribution in [2.24, 2.45) is 0 Å². The van der Waals surface area contributed by atoms with Crippen LogP contribution in [0.4, 0.5) is 0 Å². The summed E-state index contributed by atoms with van der Waals surface area (Å²) in [6.07, 6.45) is 2.29. The SMILES string of the molecule is CC#C[C@H](CC(=O)OC)c1ccc(OC2CCc3cc(-c4c(C)cc(C)cc4C)ccc32)cc1. The van der Waals surface area contributed by atoms with Crippen molar-refractivity contribution in [3.63, 3.8) is 0 Å². The molecule has 0 saturated heterocycles. The fraction of sp³-hybridized carbons (Fsp3) is 0.323. The monoisotopic (exact) mass is 452 g/mol. The van der Waals surface area contributed by atoms with Crippen molar-refractivity contribution in [2.75, 3.05) is 7.11 Å². The molecule has 0 amide bonds. The van der Waals surface area contributed by atoms with Gasteiger partial charge in [0.2, 0.25) is 0 Å². The fourth-order valence-corrected chi connectivity index (χ4v) is 5.11. The van der Waals surface area contributed by atoms with Crippen molar-refractivity contribution in [2.45, 2.75) is 59.0 Å². The molecule has 3 heteroatoms. The van der Waals surface area contributed by atoms with Gasteiger partial charge in [0.05, 0.1) is 19.4 Å². The number of carbonyl (C=O) groups is 1. The van der Waals surface area contributed by atoms with Crippen molar-refractivity contribution in [3.05, 3.63) is 88.0 Å². The van der Waals surface area contributed by atoms with Crippen LogP contribution in [0.15, 0.2) is 54.6 Å². The number of carbonyl (C=O) groups excluding carboxylic acids is 1. The third-order valence-corrected chi connectivity index (χ3v) is 6.61. The molecule has 0 aliphatic heterocycles. The standard InChI is InChI=1S/C31H32O3/c1-6-7-24(19-30(32)33-5)23-8-12-27(13-9-23)34-29-15-11-25-18-26(10-14-28(25)29)31-21(3)16-20(2)17-22(31)4/h8-10,12-14,16-18,24,29H,11,15,19H2,1-5H3/t24-,29?/m1/s1. The highest BCUT2D eigenvalue weighted by Crippen LogP contribution is 2.39. The van der Waals surface area contributed by atoms with E-state index in [0.717, 1.165) is 24.2 Å². The van der Waals surface area contributed by atoms with E-state index in [1.54, 1.807) is 6.92 Å². The lowest BCUT2D eigenvalue weighted by atomic mass is 9.92. The highest BCUT2D eigenvalue weighted by atomic mass is 16.5. The van der Waals surface area contributed by atoms with Crippen molar-refractivity contribution in [3.8, 4) is 28.7 Å². The van der Waals surface area contributed by atoms with E-state index in [1.807, 2.05) is 24.3 Å². The van der Waals surface area contributed by atoms with Crippen LogP contribution in [0.1, 0.15) is 65.2 Å². The van der Waals surface area contributed by atoms with Gasteiger partial charge >= 0.3 is 5.97 Å². The van der Waals surface area contributed by atoms with Crippen LogP contribution in [-0.2, 0) is 16.0 Å². The Hall–Kier alpha value is -3.51. The van der Waals surface area contributed by atoms with Gasteiger partial charge in [-0.1, -0.05) is 53.9 Å². The summed E-state index contributed by atoms with van der Waals surface area (Å²) in [5.74, 6) is 6.42. The van der Waals surface area contributed by atoms with E-state index in [0.29, 0.717) is 0 Å². The first-order valence-electron chi connectivity index (χ1n) is 11.9. The highest BCUT2D eigenvalue weighted by Gasteiger charge is 2.25. The van der Waals surface area contributed by atoms with Gasteiger partial charge in [0.25, 0.3) is 0 Å². The summed E-state index contributed by atoms with van der Waals surface area (Å²) in [4.78, 5) is 11.7. The Kier molecular flexibility index (Phi) is 7.08. The molecule has 0 aromatic heterocycles. The Labute approximate surface area is 203 Å². The number of hydrogen-bond donors (Lipinski definition) is 0. The molecule has 4 rings (SSSR count). The van der Waals surface area contributed by atoms with Gasteiger partial charge in [0.1, 0.15) is 11.9 Å². The maximum absolute atomic E-state index is 11.7. The third kappa shape index (κ3) is 5.02. The highest BCUT2D eigenvalue weighted by molar-refractivity contribution is 5.73. The fourth-order valence-electron chi connectivity index (χ4n) is 5.11. The summed E-state index contributed by atoms with van der Waals surface area (Å²) in [6.45, 7) is 8.32. The van der Waals surface area contributed by atoms with Crippen LogP contribution in [0.25, 0.3) is 11.1 Å². The van der Waals surface area contributed by atoms with E-state index in [2.05, 4.69) is 62.9 Å². The van der Waals surface area contributed by atoms with Gasteiger partial charge in [0.15, 0.2) is 0 Å². The van der Waals surface area contributed by atoms with Gasteiger partial charge in [0, 0.05) is 0 Å². The summed E-state index contributed by atoms with van der Waals surface area (Å²) >= 11 is 0. The van der Waals surface area contributed by atoms with Crippen molar-refractivity contribution in [1.82, 2.24) is 0 Å². The van der Waals surface area contributed by atoms with E-state index in [4.69, 9.17) is 9.47 Å². The molecule has 0 saturated carbocycles. The van der Waals surface area contributed by atoms with Crippen LogP contribution in [-0.4, -0.2) is 13.1 Å². The lowest BCUT2D eigenvalue weighted by Gasteiger charge is -2.17. The summed E-state index contributed by atoms with van der Waals surface area (Å²) < 4.78 is 11.2. The van der Waals surface area contributed by atoms with Gasteiger partial charge in [-0.25, -0.2) is 0 Å². The van der Waals surface area contributed by atoms with Crippen LogP contribution in [0.2, 0.25) is 0 Å². The molecule has 0 radical (unpaired) electrons. The number of fused-ring (bicyclic) bond motifs is 1.